The molecule has 1 amide bonds. The number of ether oxygens (including phenoxy) is 1. The average Bonchev–Trinajstić information content (AvgIpc) is 3.00. The molecule has 3 aliphatic rings. The zero-order valence-corrected chi connectivity index (χ0v) is 11.6. The van der Waals surface area contributed by atoms with Gasteiger partial charge in [-0.1, -0.05) is 0 Å². The molecule has 3 fully saturated rings. The fourth-order valence-corrected chi connectivity index (χ4v) is 3.51. The van der Waals surface area contributed by atoms with Crippen LogP contribution in [0.5, 0.6) is 0 Å². The molecule has 0 saturated carbocycles. The molecule has 0 unspecified atom stereocenters. The smallest absolute Gasteiger partial charge is 0.222 e. The molecule has 0 spiro atoms. The van der Waals surface area contributed by atoms with Crippen LogP contribution in [0.15, 0.2) is 0 Å². The van der Waals surface area contributed by atoms with Crippen LogP contribution >= 0.6 is 12.4 Å². The molecular weight excluding hydrogens is 252 g/mol. The predicted octanol–water partition coefficient (Wildman–Crippen LogP) is 0.903. The second-order valence-corrected chi connectivity index (χ2v) is 5.67. The lowest BCUT2D eigenvalue weighted by molar-refractivity contribution is -0.133. The largest absolute Gasteiger partial charge is 0.381 e. The standard InChI is InChI=1S/C13H22N2O2.ClH/c16-13(15-3-1-2-4-15)5-10-8-17-9-11-6-14-7-12(10)11;/h10-12,14H,1-9H2;1H/t10-,11-,12+;/m1./s1. The molecule has 5 heteroatoms. The molecule has 0 radical (unpaired) electrons. The summed E-state index contributed by atoms with van der Waals surface area (Å²) in [5.74, 6) is 2.09. The Hall–Kier alpha value is -0.320. The van der Waals surface area contributed by atoms with Gasteiger partial charge < -0.3 is 15.0 Å². The van der Waals surface area contributed by atoms with Crippen LogP contribution in [-0.4, -0.2) is 50.2 Å². The quantitative estimate of drug-likeness (QED) is 0.814. The number of nitrogens with one attached hydrogen (secondary N) is 1. The third kappa shape index (κ3) is 2.81. The summed E-state index contributed by atoms with van der Waals surface area (Å²) in [6.45, 7) is 5.75. The van der Waals surface area contributed by atoms with Gasteiger partial charge in [-0.3, -0.25) is 4.79 Å². The maximum atomic E-state index is 12.2. The van der Waals surface area contributed by atoms with Gasteiger partial charge in [0.15, 0.2) is 0 Å². The van der Waals surface area contributed by atoms with Gasteiger partial charge in [-0.15, -0.1) is 12.4 Å². The third-order valence-electron chi connectivity index (χ3n) is 4.56. The molecule has 1 N–H and O–H groups in total. The Morgan fingerprint density at radius 1 is 1.22 bits per heavy atom. The lowest BCUT2D eigenvalue weighted by Crippen LogP contribution is -2.39. The molecule has 3 rings (SSSR count). The van der Waals surface area contributed by atoms with Crippen molar-refractivity contribution in [3.63, 3.8) is 0 Å². The Kier molecular flexibility index (Phi) is 4.87. The van der Waals surface area contributed by atoms with Crippen LogP contribution in [0, 0.1) is 17.8 Å². The summed E-state index contributed by atoms with van der Waals surface area (Å²) >= 11 is 0. The third-order valence-corrected chi connectivity index (χ3v) is 4.56. The second-order valence-electron chi connectivity index (χ2n) is 5.67. The summed E-state index contributed by atoms with van der Waals surface area (Å²) in [7, 11) is 0. The first-order valence-electron chi connectivity index (χ1n) is 6.91. The zero-order chi connectivity index (χ0) is 11.7. The van der Waals surface area contributed by atoms with Gasteiger partial charge in [-0.2, -0.15) is 0 Å². The average molecular weight is 275 g/mol. The van der Waals surface area contributed by atoms with E-state index in [0.29, 0.717) is 30.1 Å². The number of hydrogen-bond acceptors (Lipinski definition) is 3. The number of likely N-dealkylation sites (tertiary alicyclic amines) is 1. The topological polar surface area (TPSA) is 41.6 Å². The number of carbonyl (C=O) groups is 1. The lowest BCUT2D eigenvalue weighted by atomic mass is 9.81. The molecule has 3 heterocycles. The van der Waals surface area contributed by atoms with E-state index in [9.17, 15) is 4.79 Å². The minimum atomic E-state index is 0. The van der Waals surface area contributed by atoms with Crippen LogP contribution in [0.1, 0.15) is 19.3 Å². The molecule has 0 bridgehead atoms. The first-order chi connectivity index (χ1) is 8.34. The van der Waals surface area contributed by atoms with Gasteiger partial charge in [0.1, 0.15) is 0 Å². The number of carbonyl (C=O) groups excluding carboxylic acids is 1. The monoisotopic (exact) mass is 274 g/mol. The van der Waals surface area contributed by atoms with Crippen LogP contribution in [0.2, 0.25) is 0 Å². The van der Waals surface area contributed by atoms with Crippen molar-refractivity contribution in [3.8, 4) is 0 Å². The van der Waals surface area contributed by atoms with Crippen molar-refractivity contribution >= 4 is 18.3 Å². The molecule has 4 nitrogen and oxygen atoms in total. The Morgan fingerprint density at radius 3 is 2.78 bits per heavy atom. The van der Waals surface area contributed by atoms with Gasteiger partial charge in [0, 0.05) is 26.1 Å². The van der Waals surface area contributed by atoms with E-state index >= 15 is 0 Å². The highest BCUT2D eigenvalue weighted by molar-refractivity contribution is 5.85. The molecule has 3 atom stereocenters. The van der Waals surface area contributed by atoms with Crippen molar-refractivity contribution < 1.29 is 9.53 Å². The summed E-state index contributed by atoms with van der Waals surface area (Å²) in [5.41, 5.74) is 0. The minimum absolute atomic E-state index is 0. The maximum absolute atomic E-state index is 12.2. The van der Waals surface area contributed by atoms with E-state index in [1.54, 1.807) is 0 Å². The Labute approximate surface area is 115 Å². The number of halogens is 1. The highest BCUT2D eigenvalue weighted by atomic mass is 35.5. The minimum Gasteiger partial charge on any atom is -0.381 e. The predicted molar refractivity (Wildman–Crippen MR) is 71.8 cm³/mol. The summed E-state index contributed by atoms with van der Waals surface area (Å²) in [6, 6.07) is 0. The van der Waals surface area contributed by atoms with E-state index in [0.717, 1.165) is 39.4 Å². The van der Waals surface area contributed by atoms with E-state index in [1.165, 1.54) is 12.8 Å². The van der Waals surface area contributed by atoms with Crippen molar-refractivity contribution in [1.29, 1.82) is 0 Å². The highest BCUT2D eigenvalue weighted by Gasteiger charge is 2.38. The summed E-state index contributed by atoms with van der Waals surface area (Å²) < 4.78 is 5.65. The van der Waals surface area contributed by atoms with Crippen LogP contribution in [-0.2, 0) is 9.53 Å². The molecule has 0 aliphatic carbocycles. The first kappa shape index (κ1) is 14.1. The highest BCUT2D eigenvalue weighted by Crippen LogP contribution is 2.32. The maximum Gasteiger partial charge on any atom is 0.222 e. The van der Waals surface area contributed by atoms with Gasteiger partial charge in [0.2, 0.25) is 5.91 Å². The Morgan fingerprint density at radius 2 is 2.00 bits per heavy atom. The molecule has 0 aromatic rings. The molecule has 18 heavy (non-hydrogen) atoms. The van der Waals surface area contributed by atoms with Crippen molar-refractivity contribution in [1.82, 2.24) is 10.2 Å². The number of hydrogen-bond donors (Lipinski definition) is 1. The Balaban J connectivity index is 0.00000120. The number of amides is 1. The van der Waals surface area contributed by atoms with Gasteiger partial charge in [-0.05, 0) is 37.1 Å². The van der Waals surface area contributed by atoms with E-state index in [1.807, 2.05) is 4.90 Å². The fraction of sp³-hybridized carbons (Fsp3) is 0.923. The van der Waals surface area contributed by atoms with Gasteiger partial charge in [0.25, 0.3) is 0 Å². The molecule has 0 aromatic carbocycles. The molecule has 0 aromatic heterocycles. The first-order valence-corrected chi connectivity index (χ1v) is 6.91. The molecule has 3 saturated heterocycles. The number of rotatable bonds is 2. The Bertz CT molecular complexity index is 295. The van der Waals surface area contributed by atoms with Crippen molar-refractivity contribution in [2.24, 2.45) is 17.8 Å². The van der Waals surface area contributed by atoms with E-state index in [2.05, 4.69) is 5.32 Å². The van der Waals surface area contributed by atoms with E-state index < -0.39 is 0 Å². The SMILES string of the molecule is Cl.O=C(C[C@@H]1COC[C@H]2CNC[C@H]21)N1CCCC1. The number of nitrogens with zero attached hydrogens (tertiary/aromatic N) is 1. The molecule has 3 aliphatic heterocycles. The van der Waals surface area contributed by atoms with Gasteiger partial charge in [-0.25, -0.2) is 0 Å². The van der Waals surface area contributed by atoms with Gasteiger partial charge >= 0.3 is 0 Å². The van der Waals surface area contributed by atoms with Crippen molar-refractivity contribution in [3.05, 3.63) is 0 Å². The summed E-state index contributed by atoms with van der Waals surface area (Å²) in [5, 5.41) is 3.43. The molecule has 104 valence electrons. The van der Waals surface area contributed by atoms with E-state index in [4.69, 9.17) is 4.74 Å². The van der Waals surface area contributed by atoms with Crippen molar-refractivity contribution in [2.75, 3.05) is 39.4 Å². The second kappa shape index (κ2) is 6.22. The van der Waals surface area contributed by atoms with Crippen LogP contribution in [0.3, 0.4) is 0 Å². The normalized spacial score (nSPS) is 35.1. The fourth-order valence-electron chi connectivity index (χ4n) is 3.51. The van der Waals surface area contributed by atoms with Gasteiger partial charge in [0.05, 0.1) is 13.2 Å². The van der Waals surface area contributed by atoms with Crippen LogP contribution < -0.4 is 5.32 Å². The summed E-state index contributed by atoms with van der Waals surface area (Å²) in [4.78, 5) is 14.2. The summed E-state index contributed by atoms with van der Waals surface area (Å²) in [6.07, 6.45) is 3.06. The zero-order valence-electron chi connectivity index (χ0n) is 10.8. The van der Waals surface area contributed by atoms with Crippen LogP contribution in [0.4, 0.5) is 0 Å². The number of fused-ring (bicyclic) bond motifs is 1. The molecular formula is C13H23ClN2O2. The lowest BCUT2D eigenvalue weighted by Gasteiger charge is -2.33. The van der Waals surface area contributed by atoms with Crippen LogP contribution in [0.25, 0.3) is 0 Å². The van der Waals surface area contributed by atoms with E-state index in [-0.39, 0.29) is 12.4 Å². The van der Waals surface area contributed by atoms with Crippen molar-refractivity contribution in [2.45, 2.75) is 19.3 Å².